The Kier molecular flexibility index (Phi) is 4.38. The molecule has 0 saturated carbocycles. The van der Waals surface area contributed by atoms with Gasteiger partial charge in [0.05, 0.1) is 28.9 Å². The molecule has 4 aromatic rings. The van der Waals surface area contributed by atoms with E-state index in [1.165, 1.54) is 19.2 Å². The van der Waals surface area contributed by atoms with Gasteiger partial charge in [0.2, 0.25) is 0 Å². The Balaban J connectivity index is 2.01. The van der Waals surface area contributed by atoms with Crippen LogP contribution in [0.4, 0.5) is 4.39 Å². The molecule has 0 unspecified atom stereocenters. The van der Waals surface area contributed by atoms with Crippen molar-refractivity contribution in [2.45, 2.75) is 0 Å². The van der Waals surface area contributed by atoms with Crippen molar-refractivity contribution >= 4 is 28.5 Å². The molecule has 134 valence electrons. The van der Waals surface area contributed by atoms with E-state index in [1.54, 1.807) is 35.0 Å². The number of carbonyl (C=O) groups excluding carboxylic acids is 1. The summed E-state index contributed by atoms with van der Waals surface area (Å²) < 4.78 is 19.8. The van der Waals surface area contributed by atoms with Gasteiger partial charge in [-0.3, -0.25) is 0 Å². The van der Waals surface area contributed by atoms with Crippen LogP contribution in [0.25, 0.3) is 27.8 Å². The van der Waals surface area contributed by atoms with Crippen LogP contribution in [0.2, 0.25) is 5.02 Å². The molecule has 0 radical (unpaired) electrons. The number of nitrogens with zero attached hydrogens (tertiary/aromatic N) is 2. The number of hydrogen-bond donors (Lipinski definition) is 0. The average Bonchev–Trinajstić information content (AvgIpc) is 3.07. The minimum atomic E-state index is -0.442. The van der Waals surface area contributed by atoms with Crippen molar-refractivity contribution in [3.8, 4) is 16.9 Å². The maximum Gasteiger partial charge on any atom is 0.337 e. The fraction of sp³-hybridized carbons (Fsp3) is 0.0476. The molecule has 4 rings (SSSR count). The molecule has 0 amide bonds. The van der Waals surface area contributed by atoms with Crippen LogP contribution in [0.15, 0.2) is 66.7 Å². The SMILES string of the molecule is COC(=O)c1ccc2c(-c3ccccc3Cl)nn(-c3ccc(F)cc3)c2c1. The molecule has 0 atom stereocenters. The number of esters is 1. The van der Waals surface area contributed by atoms with Crippen LogP contribution in [-0.2, 0) is 4.74 Å². The van der Waals surface area contributed by atoms with Crippen LogP contribution in [0.5, 0.6) is 0 Å². The normalized spacial score (nSPS) is 10.9. The minimum absolute atomic E-state index is 0.336. The summed E-state index contributed by atoms with van der Waals surface area (Å²) in [7, 11) is 1.33. The molecule has 0 aliphatic rings. The quantitative estimate of drug-likeness (QED) is 0.455. The monoisotopic (exact) mass is 380 g/mol. The summed E-state index contributed by atoms with van der Waals surface area (Å²) >= 11 is 6.37. The molecule has 0 spiro atoms. The van der Waals surface area contributed by atoms with Gasteiger partial charge < -0.3 is 4.74 Å². The molecule has 1 heterocycles. The Morgan fingerprint density at radius 2 is 1.81 bits per heavy atom. The Morgan fingerprint density at radius 3 is 2.52 bits per heavy atom. The summed E-state index contributed by atoms with van der Waals surface area (Å²) in [5.74, 6) is -0.778. The number of rotatable bonds is 3. The number of methoxy groups -OCH3 is 1. The van der Waals surface area contributed by atoms with Crippen molar-refractivity contribution in [3.05, 3.63) is 83.1 Å². The summed E-state index contributed by atoms with van der Waals surface area (Å²) in [5, 5.41) is 6.09. The van der Waals surface area contributed by atoms with E-state index in [1.807, 2.05) is 24.3 Å². The summed E-state index contributed by atoms with van der Waals surface area (Å²) in [6.45, 7) is 0. The Bertz CT molecular complexity index is 1150. The molecule has 3 aromatic carbocycles. The van der Waals surface area contributed by atoms with Gasteiger partial charge in [0.1, 0.15) is 11.5 Å². The van der Waals surface area contributed by atoms with Gasteiger partial charge in [-0.1, -0.05) is 29.8 Å². The second-order valence-corrected chi connectivity index (χ2v) is 6.35. The second kappa shape index (κ2) is 6.85. The van der Waals surface area contributed by atoms with Crippen LogP contribution in [0.3, 0.4) is 0 Å². The third-order valence-electron chi connectivity index (χ3n) is 4.30. The summed E-state index contributed by atoms with van der Waals surface area (Å²) in [6.07, 6.45) is 0. The Labute approximate surface area is 159 Å². The van der Waals surface area contributed by atoms with Crippen molar-refractivity contribution in [1.29, 1.82) is 0 Å². The molecule has 1 aromatic heterocycles. The molecule has 0 bridgehead atoms. The van der Waals surface area contributed by atoms with E-state index in [0.717, 1.165) is 10.9 Å². The van der Waals surface area contributed by atoms with E-state index in [2.05, 4.69) is 0 Å². The minimum Gasteiger partial charge on any atom is -0.465 e. The molecule has 0 saturated heterocycles. The zero-order valence-corrected chi connectivity index (χ0v) is 15.1. The lowest BCUT2D eigenvalue weighted by Gasteiger charge is -2.04. The number of ether oxygens (including phenoxy) is 1. The Morgan fingerprint density at radius 1 is 1.07 bits per heavy atom. The van der Waals surface area contributed by atoms with E-state index in [9.17, 15) is 9.18 Å². The molecule has 6 heteroatoms. The highest BCUT2D eigenvalue weighted by molar-refractivity contribution is 6.33. The molecule has 0 aliphatic heterocycles. The lowest BCUT2D eigenvalue weighted by atomic mass is 10.1. The lowest BCUT2D eigenvalue weighted by Crippen LogP contribution is -2.02. The van der Waals surface area contributed by atoms with Crippen LogP contribution >= 0.6 is 11.6 Å². The van der Waals surface area contributed by atoms with Crippen molar-refractivity contribution in [1.82, 2.24) is 9.78 Å². The highest BCUT2D eigenvalue weighted by Crippen LogP contribution is 2.34. The van der Waals surface area contributed by atoms with E-state index < -0.39 is 5.97 Å². The fourth-order valence-electron chi connectivity index (χ4n) is 2.99. The molecule has 4 nitrogen and oxygen atoms in total. The average molecular weight is 381 g/mol. The standard InChI is InChI=1S/C21H14ClFN2O2/c1-27-21(26)13-6-11-17-19(12-13)25(15-9-7-14(23)8-10-15)24-20(17)16-4-2-3-5-18(16)22/h2-12H,1H3. The zero-order chi connectivity index (χ0) is 19.0. The third kappa shape index (κ3) is 3.06. The van der Waals surface area contributed by atoms with Gasteiger partial charge in [-0.2, -0.15) is 5.10 Å². The van der Waals surface area contributed by atoms with Gasteiger partial charge in [0.15, 0.2) is 0 Å². The van der Waals surface area contributed by atoms with Crippen LogP contribution < -0.4 is 0 Å². The van der Waals surface area contributed by atoms with E-state index in [-0.39, 0.29) is 5.82 Å². The van der Waals surface area contributed by atoms with E-state index >= 15 is 0 Å². The number of carbonyl (C=O) groups is 1. The zero-order valence-electron chi connectivity index (χ0n) is 14.3. The fourth-order valence-corrected chi connectivity index (χ4v) is 3.22. The lowest BCUT2D eigenvalue weighted by molar-refractivity contribution is 0.0601. The maximum absolute atomic E-state index is 13.3. The predicted molar refractivity (Wildman–Crippen MR) is 103 cm³/mol. The summed E-state index contributed by atoms with van der Waals surface area (Å²) in [5.41, 5.74) is 3.22. The maximum atomic E-state index is 13.3. The smallest absolute Gasteiger partial charge is 0.337 e. The largest absolute Gasteiger partial charge is 0.465 e. The number of benzene rings is 3. The predicted octanol–water partition coefficient (Wildman–Crippen LogP) is 5.27. The molecular weight excluding hydrogens is 367 g/mol. The first-order valence-corrected chi connectivity index (χ1v) is 8.58. The van der Waals surface area contributed by atoms with Gasteiger partial charge in [0, 0.05) is 10.9 Å². The first-order chi connectivity index (χ1) is 13.1. The number of hydrogen-bond acceptors (Lipinski definition) is 3. The second-order valence-electron chi connectivity index (χ2n) is 5.94. The number of fused-ring (bicyclic) bond motifs is 1. The van der Waals surface area contributed by atoms with Gasteiger partial charge in [-0.15, -0.1) is 0 Å². The van der Waals surface area contributed by atoms with E-state index in [0.29, 0.717) is 27.5 Å². The van der Waals surface area contributed by atoms with Crippen LogP contribution in [0, 0.1) is 5.82 Å². The van der Waals surface area contributed by atoms with Crippen LogP contribution in [-0.4, -0.2) is 22.9 Å². The van der Waals surface area contributed by atoms with Crippen LogP contribution in [0.1, 0.15) is 10.4 Å². The van der Waals surface area contributed by atoms with Crippen molar-refractivity contribution in [2.24, 2.45) is 0 Å². The first-order valence-electron chi connectivity index (χ1n) is 8.20. The van der Waals surface area contributed by atoms with Gasteiger partial charge in [-0.25, -0.2) is 13.9 Å². The van der Waals surface area contributed by atoms with Gasteiger partial charge in [-0.05, 0) is 48.5 Å². The van der Waals surface area contributed by atoms with Crippen molar-refractivity contribution in [2.75, 3.05) is 7.11 Å². The highest BCUT2D eigenvalue weighted by atomic mass is 35.5. The molecule has 0 N–H and O–H groups in total. The molecule has 0 aliphatic carbocycles. The molecule has 0 fully saturated rings. The summed E-state index contributed by atoms with van der Waals surface area (Å²) in [4.78, 5) is 12.0. The van der Waals surface area contributed by atoms with Crippen molar-refractivity contribution < 1.29 is 13.9 Å². The van der Waals surface area contributed by atoms with Crippen molar-refractivity contribution in [3.63, 3.8) is 0 Å². The van der Waals surface area contributed by atoms with E-state index in [4.69, 9.17) is 21.4 Å². The summed E-state index contributed by atoms with van der Waals surface area (Å²) in [6, 6.07) is 18.6. The molecular formula is C21H14ClFN2O2. The number of aromatic nitrogens is 2. The Hall–Kier alpha value is -3.18. The third-order valence-corrected chi connectivity index (χ3v) is 4.63. The number of halogens is 2. The topological polar surface area (TPSA) is 44.1 Å². The molecule has 27 heavy (non-hydrogen) atoms. The first kappa shape index (κ1) is 17.2. The van der Waals surface area contributed by atoms with Gasteiger partial charge >= 0.3 is 5.97 Å². The highest BCUT2D eigenvalue weighted by Gasteiger charge is 2.18. The van der Waals surface area contributed by atoms with Gasteiger partial charge in [0.25, 0.3) is 0 Å².